The van der Waals surface area contributed by atoms with Gasteiger partial charge in [0.05, 0.1) is 6.20 Å². The maximum atomic E-state index is 11.9. The number of esters is 1. The third kappa shape index (κ3) is 4.17. The van der Waals surface area contributed by atoms with E-state index in [9.17, 15) is 9.59 Å². The lowest BCUT2D eigenvalue weighted by Crippen LogP contribution is -2.35. The highest BCUT2D eigenvalue weighted by atomic mass is 16.5. The van der Waals surface area contributed by atoms with Gasteiger partial charge in [0, 0.05) is 6.54 Å². The zero-order valence-electron chi connectivity index (χ0n) is 11.9. The Labute approximate surface area is 122 Å². The van der Waals surface area contributed by atoms with Gasteiger partial charge in [-0.05, 0) is 19.4 Å². The van der Waals surface area contributed by atoms with Gasteiger partial charge in [-0.1, -0.05) is 30.3 Å². The number of nitrogens with zero attached hydrogens (tertiary/aromatic N) is 1. The fourth-order valence-electron chi connectivity index (χ4n) is 1.73. The van der Waals surface area contributed by atoms with E-state index in [1.807, 2.05) is 30.3 Å². The van der Waals surface area contributed by atoms with Crippen LogP contribution in [0, 0.1) is 6.92 Å². The van der Waals surface area contributed by atoms with Gasteiger partial charge in [0.15, 0.2) is 6.10 Å². The number of rotatable bonds is 5. The van der Waals surface area contributed by atoms with Crippen LogP contribution < -0.4 is 5.32 Å². The summed E-state index contributed by atoms with van der Waals surface area (Å²) < 4.78 is 5.08. The van der Waals surface area contributed by atoms with Crippen LogP contribution in [0.5, 0.6) is 0 Å². The van der Waals surface area contributed by atoms with E-state index in [1.165, 1.54) is 13.1 Å². The molecule has 2 N–H and O–H groups in total. The van der Waals surface area contributed by atoms with E-state index in [0.717, 1.165) is 5.56 Å². The molecule has 0 aliphatic heterocycles. The first-order chi connectivity index (χ1) is 10.1. The molecule has 6 heteroatoms. The Balaban J connectivity index is 1.83. The molecule has 1 heterocycles. The second kappa shape index (κ2) is 6.69. The van der Waals surface area contributed by atoms with Crippen molar-refractivity contribution < 1.29 is 14.3 Å². The molecule has 0 fully saturated rings. The highest BCUT2D eigenvalue weighted by Crippen LogP contribution is 2.03. The van der Waals surface area contributed by atoms with Crippen molar-refractivity contribution in [2.75, 3.05) is 0 Å². The molecule has 6 nitrogen and oxygen atoms in total. The van der Waals surface area contributed by atoms with Crippen molar-refractivity contribution in [1.29, 1.82) is 0 Å². The van der Waals surface area contributed by atoms with E-state index in [0.29, 0.717) is 12.4 Å². The Bertz CT molecular complexity index is 622. The topological polar surface area (TPSA) is 84.1 Å². The van der Waals surface area contributed by atoms with Gasteiger partial charge < -0.3 is 15.0 Å². The predicted octanol–water partition coefficient (Wildman–Crippen LogP) is 1.58. The maximum Gasteiger partial charge on any atom is 0.357 e. The van der Waals surface area contributed by atoms with Crippen molar-refractivity contribution in [3.8, 4) is 0 Å². The van der Waals surface area contributed by atoms with Crippen molar-refractivity contribution in [1.82, 2.24) is 15.3 Å². The van der Waals surface area contributed by atoms with Gasteiger partial charge in [0.2, 0.25) is 0 Å². The molecule has 1 amide bonds. The number of H-pyrrole nitrogens is 1. The molecule has 21 heavy (non-hydrogen) atoms. The zero-order valence-corrected chi connectivity index (χ0v) is 11.9. The minimum absolute atomic E-state index is 0.232. The smallest absolute Gasteiger partial charge is 0.357 e. The van der Waals surface area contributed by atoms with E-state index in [2.05, 4.69) is 15.3 Å². The summed E-state index contributed by atoms with van der Waals surface area (Å²) in [6, 6.07) is 9.51. The largest absolute Gasteiger partial charge is 0.448 e. The number of ether oxygens (including phenoxy) is 1. The lowest BCUT2D eigenvalue weighted by Gasteiger charge is -2.12. The third-order valence-electron chi connectivity index (χ3n) is 2.89. The van der Waals surface area contributed by atoms with Crippen LogP contribution in [0.25, 0.3) is 0 Å². The molecule has 0 spiro atoms. The normalized spacial score (nSPS) is 11.7. The molecule has 0 aliphatic carbocycles. The lowest BCUT2D eigenvalue weighted by molar-refractivity contribution is -0.129. The third-order valence-corrected chi connectivity index (χ3v) is 2.89. The van der Waals surface area contributed by atoms with Crippen LogP contribution in [0.4, 0.5) is 0 Å². The highest BCUT2D eigenvalue weighted by Gasteiger charge is 2.19. The van der Waals surface area contributed by atoms with Gasteiger partial charge in [-0.15, -0.1) is 0 Å². The summed E-state index contributed by atoms with van der Waals surface area (Å²) >= 11 is 0. The predicted molar refractivity (Wildman–Crippen MR) is 76.5 cm³/mol. The van der Waals surface area contributed by atoms with E-state index in [-0.39, 0.29) is 11.6 Å². The van der Waals surface area contributed by atoms with Crippen molar-refractivity contribution in [3.05, 3.63) is 53.6 Å². The van der Waals surface area contributed by atoms with E-state index < -0.39 is 12.1 Å². The summed E-state index contributed by atoms with van der Waals surface area (Å²) in [5, 5.41) is 2.72. The summed E-state index contributed by atoms with van der Waals surface area (Å²) in [7, 11) is 0. The number of aryl methyl sites for hydroxylation is 1. The van der Waals surface area contributed by atoms with Crippen LogP contribution >= 0.6 is 0 Å². The summed E-state index contributed by atoms with van der Waals surface area (Å²) in [5.41, 5.74) is 1.21. The van der Waals surface area contributed by atoms with Crippen LogP contribution in [0.2, 0.25) is 0 Å². The molecule has 0 radical (unpaired) electrons. The fraction of sp³-hybridized carbons (Fsp3) is 0.267. The standard InChI is InChI=1S/C15H17N3O3/c1-10(21-15(20)13-9-16-11(2)18-13)14(19)17-8-12-6-4-3-5-7-12/h3-7,9-10H,8H2,1-2H3,(H,16,18)(H,17,19). The summed E-state index contributed by atoms with van der Waals surface area (Å²) in [5.74, 6) is -0.329. The van der Waals surface area contributed by atoms with Crippen LogP contribution in [-0.2, 0) is 16.1 Å². The first kappa shape index (κ1) is 14.8. The Morgan fingerprint density at radius 2 is 2.05 bits per heavy atom. The second-order valence-corrected chi connectivity index (χ2v) is 4.63. The number of amides is 1. The highest BCUT2D eigenvalue weighted by molar-refractivity contribution is 5.90. The molecule has 2 aromatic rings. The Hall–Kier alpha value is -2.63. The molecular formula is C15H17N3O3. The summed E-state index contributed by atoms with van der Waals surface area (Å²) in [4.78, 5) is 30.3. The molecule has 1 atom stereocenters. The van der Waals surface area contributed by atoms with Crippen molar-refractivity contribution in [3.63, 3.8) is 0 Å². The number of hydrogen-bond acceptors (Lipinski definition) is 4. The minimum Gasteiger partial charge on any atom is -0.448 e. The molecule has 0 bridgehead atoms. The molecule has 0 aliphatic rings. The molecule has 0 saturated carbocycles. The van der Waals surface area contributed by atoms with E-state index in [1.54, 1.807) is 6.92 Å². The maximum absolute atomic E-state index is 11.9. The number of carbonyl (C=O) groups is 2. The quantitative estimate of drug-likeness (QED) is 0.818. The number of benzene rings is 1. The zero-order chi connectivity index (χ0) is 15.2. The molecule has 110 valence electrons. The van der Waals surface area contributed by atoms with Crippen LogP contribution in [0.15, 0.2) is 36.5 Å². The van der Waals surface area contributed by atoms with Crippen LogP contribution in [0.1, 0.15) is 28.8 Å². The van der Waals surface area contributed by atoms with E-state index in [4.69, 9.17) is 4.74 Å². The average molecular weight is 287 g/mol. The number of aromatic amines is 1. The van der Waals surface area contributed by atoms with Crippen molar-refractivity contribution in [2.24, 2.45) is 0 Å². The number of imidazole rings is 1. The fourth-order valence-corrected chi connectivity index (χ4v) is 1.73. The van der Waals surface area contributed by atoms with Gasteiger partial charge >= 0.3 is 5.97 Å². The molecule has 2 rings (SSSR count). The van der Waals surface area contributed by atoms with Crippen molar-refractivity contribution >= 4 is 11.9 Å². The number of hydrogen-bond donors (Lipinski definition) is 2. The minimum atomic E-state index is -0.871. The molecule has 0 saturated heterocycles. The lowest BCUT2D eigenvalue weighted by atomic mass is 10.2. The van der Waals surface area contributed by atoms with Crippen LogP contribution in [-0.4, -0.2) is 27.9 Å². The average Bonchev–Trinajstić information content (AvgIpc) is 2.92. The van der Waals surface area contributed by atoms with Crippen molar-refractivity contribution in [2.45, 2.75) is 26.5 Å². The molecule has 1 aromatic heterocycles. The Morgan fingerprint density at radius 3 is 2.67 bits per heavy atom. The van der Waals surface area contributed by atoms with Gasteiger partial charge in [0.25, 0.3) is 5.91 Å². The Morgan fingerprint density at radius 1 is 1.33 bits per heavy atom. The molecular weight excluding hydrogens is 270 g/mol. The summed E-state index contributed by atoms with van der Waals surface area (Å²) in [6.07, 6.45) is 0.511. The molecule has 1 aromatic carbocycles. The number of carbonyl (C=O) groups excluding carboxylic acids is 2. The van der Waals surface area contributed by atoms with Gasteiger partial charge in [-0.2, -0.15) is 0 Å². The second-order valence-electron chi connectivity index (χ2n) is 4.63. The monoisotopic (exact) mass is 287 g/mol. The summed E-state index contributed by atoms with van der Waals surface area (Å²) in [6.45, 7) is 3.65. The number of nitrogens with one attached hydrogen (secondary N) is 2. The Kier molecular flexibility index (Phi) is 4.71. The SMILES string of the molecule is Cc1ncc(C(=O)OC(C)C(=O)NCc2ccccc2)[nH]1. The first-order valence-electron chi connectivity index (χ1n) is 6.60. The van der Waals surface area contributed by atoms with Gasteiger partial charge in [-0.25, -0.2) is 9.78 Å². The van der Waals surface area contributed by atoms with E-state index >= 15 is 0 Å². The molecule has 1 unspecified atom stereocenters. The van der Waals surface area contributed by atoms with Gasteiger partial charge in [0.1, 0.15) is 11.5 Å². The van der Waals surface area contributed by atoms with Crippen LogP contribution in [0.3, 0.4) is 0 Å². The first-order valence-corrected chi connectivity index (χ1v) is 6.60. The van der Waals surface area contributed by atoms with Gasteiger partial charge in [-0.3, -0.25) is 4.79 Å². The number of aromatic nitrogens is 2.